The van der Waals surface area contributed by atoms with Crippen LogP contribution in [0.2, 0.25) is 0 Å². The number of amides is 1. The van der Waals surface area contributed by atoms with Gasteiger partial charge in [0.2, 0.25) is 5.91 Å². The molecule has 0 unspecified atom stereocenters. The van der Waals surface area contributed by atoms with Crippen LogP contribution >= 0.6 is 0 Å². The second kappa shape index (κ2) is 8.44. The lowest BCUT2D eigenvalue weighted by atomic mass is 9.98. The third kappa shape index (κ3) is 5.54. The van der Waals surface area contributed by atoms with Gasteiger partial charge >= 0.3 is 5.97 Å². The zero-order chi connectivity index (χ0) is 18.4. The second-order valence-electron chi connectivity index (χ2n) is 6.14. The van der Waals surface area contributed by atoms with Crippen molar-refractivity contribution in [1.29, 1.82) is 0 Å². The van der Waals surface area contributed by atoms with E-state index in [0.717, 1.165) is 25.6 Å². The van der Waals surface area contributed by atoms with E-state index in [1.807, 2.05) is 4.90 Å². The van der Waals surface area contributed by atoms with E-state index in [9.17, 15) is 18.0 Å². The summed E-state index contributed by atoms with van der Waals surface area (Å²) in [7, 11) is -3.43. The molecular formula is C17H24N2O5S. The van der Waals surface area contributed by atoms with Crippen molar-refractivity contribution >= 4 is 27.4 Å². The highest BCUT2D eigenvalue weighted by Crippen LogP contribution is 2.21. The SMILES string of the molecule is CCOC(=O)[C@@H]1CCCN(CC(=O)Nc2ccccc2S(C)(=O)=O)C1. The number of likely N-dealkylation sites (tertiary alicyclic amines) is 1. The predicted molar refractivity (Wildman–Crippen MR) is 94.0 cm³/mol. The fourth-order valence-electron chi connectivity index (χ4n) is 2.94. The van der Waals surface area contributed by atoms with Crippen LogP contribution in [0.25, 0.3) is 0 Å². The molecule has 138 valence electrons. The molecule has 1 aliphatic heterocycles. The Morgan fingerprint density at radius 2 is 2.04 bits per heavy atom. The Balaban J connectivity index is 1.98. The molecule has 25 heavy (non-hydrogen) atoms. The number of anilines is 1. The third-order valence-electron chi connectivity index (χ3n) is 4.05. The Morgan fingerprint density at radius 3 is 2.72 bits per heavy atom. The molecule has 1 saturated heterocycles. The number of benzene rings is 1. The van der Waals surface area contributed by atoms with Crippen molar-refractivity contribution in [2.24, 2.45) is 5.92 Å². The molecule has 0 saturated carbocycles. The number of esters is 1. The molecule has 0 bridgehead atoms. The van der Waals surface area contributed by atoms with E-state index in [2.05, 4.69) is 5.32 Å². The van der Waals surface area contributed by atoms with Gasteiger partial charge in [0.05, 0.1) is 29.7 Å². The van der Waals surface area contributed by atoms with Gasteiger partial charge < -0.3 is 10.1 Å². The van der Waals surface area contributed by atoms with Crippen LogP contribution in [0.4, 0.5) is 5.69 Å². The molecule has 0 aliphatic carbocycles. The Hall–Kier alpha value is -1.93. The molecule has 1 fully saturated rings. The summed E-state index contributed by atoms with van der Waals surface area (Å²) in [4.78, 5) is 26.1. The van der Waals surface area contributed by atoms with Crippen LogP contribution in [0.5, 0.6) is 0 Å². The van der Waals surface area contributed by atoms with E-state index in [-0.39, 0.29) is 34.9 Å². The van der Waals surface area contributed by atoms with Crippen molar-refractivity contribution in [1.82, 2.24) is 4.90 Å². The highest BCUT2D eigenvalue weighted by atomic mass is 32.2. The third-order valence-corrected chi connectivity index (χ3v) is 5.21. The van der Waals surface area contributed by atoms with Gasteiger partial charge in [-0.1, -0.05) is 12.1 Å². The Morgan fingerprint density at radius 1 is 1.32 bits per heavy atom. The van der Waals surface area contributed by atoms with Crippen molar-refractivity contribution in [3.63, 3.8) is 0 Å². The number of carbonyl (C=O) groups is 2. The lowest BCUT2D eigenvalue weighted by Gasteiger charge is -2.30. The van der Waals surface area contributed by atoms with Crippen molar-refractivity contribution in [3.05, 3.63) is 24.3 Å². The van der Waals surface area contributed by atoms with Crippen LogP contribution in [0.15, 0.2) is 29.2 Å². The van der Waals surface area contributed by atoms with Crippen molar-refractivity contribution in [3.8, 4) is 0 Å². The lowest BCUT2D eigenvalue weighted by molar-refractivity contribution is -0.150. The maximum absolute atomic E-state index is 12.3. The number of nitrogens with zero attached hydrogens (tertiary/aromatic N) is 1. The molecule has 1 heterocycles. The fraction of sp³-hybridized carbons (Fsp3) is 0.529. The average molecular weight is 368 g/mol. The number of nitrogens with one attached hydrogen (secondary N) is 1. The molecule has 1 aromatic carbocycles. The van der Waals surface area contributed by atoms with Crippen LogP contribution in [0, 0.1) is 5.92 Å². The van der Waals surface area contributed by atoms with Gasteiger partial charge in [0.25, 0.3) is 0 Å². The smallest absolute Gasteiger partial charge is 0.310 e. The first kappa shape index (κ1) is 19.4. The summed E-state index contributed by atoms with van der Waals surface area (Å²) >= 11 is 0. The topological polar surface area (TPSA) is 92.8 Å². The van der Waals surface area contributed by atoms with Gasteiger partial charge in [0, 0.05) is 12.8 Å². The van der Waals surface area contributed by atoms with Gasteiger partial charge in [-0.25, -0.2) is 8.42 Å². The van der Waals surface area contributed by atoms with Gasteiger partial charge in [-0.2, -0.15) is 0 Å². The lowest BCUT2D eigenvalue weighted by Crippen LogP contribution is -2.43. The summed E-state index contributed by atoms with van der Waals surface area (Å²) in [5.41, 5.74) is 0.272. The van der Waals surface area contributed by atoms with Crippen LogP contribution in [0.3, 0.4) is 0 Å². The number of hydrogen-bond acceptors (Lipinski definition) is 6. The quantitative estimate of drug-likeness (QED) is 0.761. The number of hydrogen-bond donors (Lipinski definition) is 1. The number of carbonyl (C=O) groups excluding carboxylic acids is 2. The van der Waals surface area contributed by atoms with E-state index in [1.54, 1.807) is 25.1 Å². The first-order chi connectivity index (χ1) is 11.8. The highest BCUT2D eigenvalue weighted by molar-refractivity contribution is 7.90. The van der Waals surface area contributed by atoms with E-state index >= 15 is 0 Å². The van der Waals surface area contributed by atoms with Crippen molar-refractivity contribution in [2.45, 2.75) is 24.7 Å². The Kier molecular flexibility index (Phi) is 6.55. The summed E-state index contributed by atoms with van der Waals surface area (Å²) in [5.74, 6) is -0.750. The number of piperidine rings is 1. The fourth-order valence-corrected chi connectivity index (χ4v) is 3.78. The molecule has 1 N–H and O–H groups in total. The summed E-state index contributed by atoms with van der Waals surface area (Å²) in [6.45, 7) is 3.41. The van der Waals surface area contributed by atoms with Gasteiger partial charge in [-0.15, -0.1) is 0 Å². The van der Waals surface area contributed by atoms with E-state index < -0.39 is 9.84 Å². The summed E-state index contributed by atoms with van der Waals surface area (Å²) in [6, 6.07) is 6.30. The zero-order valence-corrected chi connectivity index (χ0v) is 15.3. The highest BCUT2D eigenvalue weighted by Gasteiger charge is 2.28. The molecule has 2 rings (SSSR count). The molecule has 0 spiro atoms. The van der Waals surface area contributed by atoms with Crippen molar-refractivity contribution < 1.29 is 22.7 Å². The number of sulfone groups is 1. The molecule has 1 aromatic rings. The summed E-state index contributed by atoms with van der Waals surface area (Å²) in [5, 5.41) is 2.66. The predicted octanol–water partition coefficient (Wildman–Crippen LogP) is 1.30. The largest absolute Gasteiger partial charge is 0.466 e. The van der Waals surface area contributed by atoms with E-state index in [4.69, 9.17) is 4.74 Å². The monoisotopic (exact) mass is 368 g/mol. The minimum absolute atomic E-state index is 0.0893. The Labute approximate surface area is 148 Å². The van der Waals surface area contributed by atoms with Crippen LogP contribution in [0.1, 0.15) is 19.8 Å². The van der Waals surface area contributed by atoms with Crippen molar-refractivity contribution in [2.75, 3.05) is 37.8 Å². The molecule has 0 radical (unpaired) electrons. The van der Waals surface area contributed by atoms with Crippen LogP contribution in [-0.2, 0) is 24.2 Å². The van der Waals surface area contributed by atoms with Gasteiger partial charge in [0.1, 0.15) is 0 Å². The normalized spacial score (nSPS) is 18.6. The summed E-state index contributed by atoms with van der Waals surface area (Å²) < 4.78 is 28.6. The van der Waals surface area contributed by atoms with E-state index in [1.165, 1.54) is 6.07 Å². The molecule has 8 heteroatoms. The zero-order valence-electron chi connectivity index (χ0n) is 14.5. The van der Waals surface area contributed by atoms with Gasteiger partial charge in [-0.3, -0.25) is 14.5 Å². The first-order valence-corrected chi connectivity index (χ1v) is 10.2. The van der Waals surface area contributed by atoms with Crippen LogP contribution < -0.4 is 5.32 Å². The minimum Gasteiger partial charge on any atom is -0.466 e. The average Bonchev–Trinajstić information content (AvgIpc) is 2.54. The van der Waals surface area contributed by atoms with E-state index in [0.29, 0.717) is 13.2 Å². The number of para-hydroxylation sites is 1. The van der Waals surface area contributed by atoms with Gasteiger partial charge in [-0.05, 0) is 38.4 Å². The van der Waals surface area contributed by atoms with Crippen LogP contribution in [-0.4, -0.2) is 57.7 Å². The summed E-state index contributed by atoms with van der Waals surface area (Å²) in [6.07, 6.45) is 2.68. The molecule has 0 aromatic heterocycles. The molecule has 1 atom stereocenters. The maximum atomic E-state index is 12.3. The number of ether oxygens (including phenoxy) is 1. The molecule has 1 amide bonds. The molecule has 1 aliphatic rings. The number of rotatable bonds is 6. The first-order valence-electron chi connectivity index (χ1n) is 8.29. The minimum atomic E-state index is -3.43. The maximum Gasteiger partial charge on any atom is 0.310 e. The van der Waals surface area contributed by atoms with Gasteiger partial charge in [0.15, 0.2) is 9.84 Å². The molecule has 7 nitrogen and oxygen atoms in total. The molecular weight excluding hydrogens is 344 g/mol. The standard InChI is InChI=1S/C17H24N2O5S/c1-3-24-17(21)13-7-6-10-19(11-13)12-16(20)18-14-8-4-5-9-15(14)25(2,22)23/h4-5,8-9,13H,3,6-7,10-12H2,1-2H3,(H,18,20)/t13-/m1/s1. The Bertz CT molecular complexity index is 732. The second-order valence-corrected chi connectivity index (χ2v) is 8.13.